The molecule has 3 rings (SSSR count). The molecule has 0 saturated carbocycles. The summed E-state index contributed by atoms with van der Waals surface area (Å²) >= 11 is 0. The van der Waals surface area contributed by atoms with E-state index in [1.807, 2.05) is 58.0 Å². The molecule has 0 bridgehead atoms. The maximum atomic E-state index is 13.0. The van der Waals surface area contributed by atoms with Crippen LogP contribution in [-0.4, -0.2) is 67.4 Å². The topological polar surface area (TPSA) is 93.2 Å². The highest BCUT2D eigenvalue weighted by molar-refractivity contribution is 7.89. The number of sulfonamides is 1. The highest BCUT2D eigenvalue weighted by Gasteiger charge is 2.32. The first-order chi connectivity index (χ1) is 16.1. The molecule has 0 spiro atoms. The van der Waals surface area contributed by atoms with E-state index in [0.29, 0.717) is 6.54 Å². The molecule has 1 aliphatic rings. The minimum atomic E-state index is -3.71. The van der Waals surface area contributed by atoms with Gasteiger partial charge in [0.1, 0.15) is 0 Å². The van der Waals surface area contributed by atoms with Crippen LogP contribution in [0.5, 0.6) is 0 Å². The van der Waals surface area contributed by atoms with Crippen LogP contribution in [0.25, 0.3) is 0 Å². The molecule has 8 nitrogen and oxygen atoms in total. The van der Waals surface area contributed by atoms with Crippen LogP contribution in [0.3, 0.4) is 0 Å². The second-order valence-corrected chi connectivity index (χ2v) is 10.7. The van der Waals surface area contributed by atoms with E-state index in [0.717, 1.165) is 5.56 Å². The molecule has 9 heteroatoms. The van der Waals surface area contributed by atoms with Crippen molar-refractivity contribution in [2.45, 2.75) is 57.4 Å². The lowest BCUT2D eigenvalue weighted by molar-refractivity contribution is -0.136. The van der Waals surface area contributed by atoms with Gasteiger partial charge in [0.25, 0.3) is 5.91 Å². The van der Waals surface area contributed by atoms with Crippen molar-refractivity contribution >= 4 is 21.9 Å². The molecule has 0 N–H and O–H groups in total. The van der Waals surface area contributed by atoms with E-state index in [2.05, 4.69) is 0 Å². The van der Waals surface area contributed by atoms with Crippen molar-refractivity contribution in [2.75, 3.05) is 19.7 Å². The summed E-state index contributed by atoms with van der Waals surface area (Å²) in [6.07, 6.45) is -0.393. The fourth-order valence-electron chi connectivity index (χ4n) is 3.87. The van der Waals surface area contributed by atoms with E-state index >= 15 is 0 Å². The summed E-state index contributed by atoms with van der Waals surface area (Å²) < 4.78 is 38.2. The molecule has 1 fully saturated rings. The number of benzene rings is 2. The lowest BCUT2D eigenvalue weighted by Gasteiger charge is -2.34. The number of hydrogen-bond acceptors (Lipinski definition) is 6. The molecule has 1 heterocycles. The Bertz CT molecular complexity index is 1080. The Morgan fingerprint density at radius 2 is 1.62 bits per heavy atom. The predicted octanol–water partition coefficient (Wildman–Crippen LogP) is 3.08. The van der Waals surface area contributed by atoms with Crippen LogP contribution in [0.15, 0.2) is 59.5 Å². The van der Waals surface area contributed by atoms with Gasteiger partial charge in [-0.25, -0.2) is 13.2 Å². The molecule has 2 atom stereocenters. The smallest absolute Gasteiger partial charge is 0.338 e. The van der Waals surface area contributed by atoms with E-state index in [1.54, 1.807) is 4.90 Å². The second-order valence-electron chi connectivity index (χ2n) is 8.78. The van der Waals surface area contributed by atoms with Crippen molar-refractivity contribution < 1.29 is 27.5 Å². The number of esters is 1. The normalized spacial score (nSPS) is 19.1. The Hall–Kier alpha value is -2.75. The standard InChI is InChI=1S/C25H32N2O6S/c1-18(2)27(16-21-8-6-5-7-9-21)24(28)17-32-25(29)22-10-12-23(13-11-22)34(30,31)26-14-19(3)33-20(4)15-26/h5-13,18-20H,14-17H2,1-4H3. The molecular formula is C25H32N2O6S. The lowest BCUT2D eigenvalue weighted by atomic mass is 10.2. The number of morpholine rings is 1. The fraction of sp³-hybridized carbons (Fsp3) is 0.440. The van der Waals surface area contributed by atoms with E-state index < -0.39 is 22.6 Å². The number of nitrogens with zero attached hydrogens (tertiary/aromatic N) is 2. The average molecular weight is 489 g/mol. The second kappa shape index (κ2) is 11.1. The number of rotatable bonds is 8. The maximum absolute atomic E-state index is 13.0. The fourth-order valence-corrected chi connectivity index (χ4v) is 5.46. The molecule has 34 heavy (non-hydrogen) atoms. The predicted molar refractivity (Wildman–Crippen MR) is 128 cm³/mol. The van der Waals surface area contributed by atoms with Gasteiger partial charge in [0, 0.05) is 25.7 Å². The summed E-state index contributed by atoms with van der Waals surface area (Å²) in [4.78, 5) is 26.9. The summed E-state index contributed by atoms with van der Waals surface area (Å²) in [7, 11) is -3.71. The largest absolute Gasteiger partial charge is 0.452 e. The Morgan fingerprint density at radius 1 is 1.03 bits per heavy atom. The monoisotopic (exact) mass is 488 g/mol. The van der Waals surface area contributed by atoms with Crippen LogP contribution in [0.4, 0.5) is 0 Å². The molecule has 0 aromatic heterocycles. The number of carbonyl (C=O) groups is 2. The van der Waals surface area contributed by atoms with Crippen LogP contribution < -0.4 is 0 Å². The molecule has 0 aliphatic carbocycles. The molecule has 0 radical (unpaired) electrons. The maximum Gasteiger partial charge on any atom is 0.338 e. The van der Waals surface area contributed by atoms with E-state index in [9.17, 15) is 18.0 Å². The minimum Gasteiger partial charge on any atom is -0.452 e. The highest BCUT2D eigenvalue weighted by atomic mass is 32.2. The van der Waals surface area contributed by atoms with Crippen LogP contribution in [0.1, 0.15) is 43.6 Å². The number of amides is 1. The van der Waals surface area contributed by atoms with Crippen molar-refractivity contribution in [1.82, 2.24) is 9.21 Å². The third kappa shape index (κ3) is 6.43. The Kier molecular flexibility index (Phi) is 8.46. The SMILES string of the molecule is CC1CN(S(=O)(=O)c2ccc(C(=O)OCC(=O)N(Cc3ccccc3)C(C)C)cc2)CC(C)O1. The Labute approximate surface area is 201 Å². The summed E-state index contributed by atoms with van der Waals surface area (Å²) in [5.41, 5.74) is 1.16. The third-order valence-electron chi connectivity index (χ3n) is 5.58. The van der Waals surface area contributed by atoms with Gasteiger partial charge in [-0.2, -0.15) is 4.31 Å². The van der Waals surface area contributed by atoms with Gasteiger partial charge >= 0.3 is 5.97 Å². The quantitative estimate of drug-likeness (QED) is 0.530. The van der Waals surface area contributed by atoms with E-state index in [-0.39, 0.29) is 47.7 Å². The zero-order valence-corrected chi connectivity index (χ0v) is 20.8. The summed E-state index contributed by atoms with van der Waals surface area (Å²) in [5, 5.41) is 0. The Morgan fingerprint density at radius 3 is 2.18 bits per heavy atom. The molecule has 2 unspecified atom stereocenters. The molecule has 1 aliphatic heterocycles. The zero-order chi connectivity index (χ0) is 24.9. The first-order valence-electron chi connectivity index (χ1n) is 11.3. The first-order valence-corrected chi connectivity index (χ1v) is 12.8. The van der Waals surface area contributed by atoms with E-state index in [1.165, 1.54) is 28.6 Å². The number of carbonyl (C=O) groups excluding carboxylic acids is 2. The summed E-state index contributed by atoms with van der Waals surface area (Å²) in [6.45, 7) is 8.03. The molecule has 1 saturated heterocycles. The zero-order valence-electron chi connectivity index (χ0n) is 20.0. The van der Waals surface area contributed by atoms with Gasteiger partial charge in [0.05, 0.1) is 22.7 Å². The van der Waals surface area contributed by atoms with Crippen molar-refractivity contribution in [3.05, 3.63) is 65.7 Å². The van der Waals surface area contributed by atoms with Crippen molar-refractivity contribution in [2.24, 2.45) is 0 Å². The van der Waals surface area contributed by atoms with Gasteiger partial charge in [-0.15, -0.1) is 0 Å². The number of ether oxygens (including phenoxy) is 2. The van der Waals surface area contributed by atoms with Gasteiger partial charge < -0.3 is 14.4 Å². The van der Waals surface area contributed by atoms with Crippen molar-refractivity contribution in [3.63, 3.8) is 0 Å². The average Bonchev–Trinajstić information content (AvgIpc) is 2.80. The third-order valence-corrected chi connectivity index (χ3v) is 7.43. The number of hydrogen-bond donors (Lipinski definition) is 0. The van der Waals surface area contributed by atoms with Gasteiger partial charge in [-0.3, -0.25) is 4.79 Å². The molecule has 184 valence electrons. The minimum absolute atomic E-state index is 0.0680. The molecule has 1 amide bonds. The van der Waals surface area contributed by atoms with Crippen LogP contribution in [0, 0.1) is 0 Å². The highest BCUT2D eigenvalue weighted by Crippen LogP contribution is 2.21. The lowest BCUT2D eigenvalue weighted by Crippen LogP contribution is -2.48. The summed E-state index contributed by atoms with van der Waals surface area (Å²) in [5.74, 6) is -0.990. The van der Waals surface area contributed by atoms with Gasteiger partial charge in [-0.1, -0.05) is 30.3 Å². The van der Waals surface area contributed by atoms with Crippen molar-refractivity contribution in [1.29, 1.82) is 0 Å². The van der Waals surface area contributed by atoms with Gasteiger partial charge in [0.2, 0.25) is 10.0 Å². The summed E-state index contributed by atoms with van der Waals surface area (Å²) in [6, 6.07) is 15.1. The van der Waals surface area contributed by atoms with Crippen LogP contribution in [-0.2, 0) is 30.8 Å². The molecule has 2 aromatic rings. The Balaban J connectivity index is 1.61. The molecular weight excluding hydrogens is 456 g/mol. The first kappa shape index (κ1) is 25.9. The van der Waals surface area contributed by atoms with Crippen LogP contribution >= 0.6 is 0 Å². The molecule has 2 aromatic carbocycles. The van der Waals surface area contributed by atoms with Gasteiger partial charge in [0.15, 0.2) is 6.61 Å². The van der Waals surface area contributed by atoms with Crippen LogP contribution in [0.2, 0.25) is 0 Å². The van der Waals surface area contributed by atoms with Crippen molar-refractivity contribution in [3.8, 4) is 0 Å². The van der Waals surface area contributed by atoms with Gasteiger partial charge in [-0.05, 0) is 57.5 Å². The van der Waals surface area contributed by atoms with E-state index in [4.69, 9.17) is 9.47 Å².